The third kappa shape index (κ3) is 3.09. The molecule has 1 aromatic carbocycles. The van der Waals surface area contributed by atoms with E-state index in [1.165, 1.54) is 30.4 Å². The van der Waals surface area contributed by atoms with E-state index >= 15 is 0 Å². The molecule has 2 unspecified atom stereocenters. The highest BCUT2D eigenvalue weighted by molar-refractivity contribution is 5.74. The normalized spacial score (nSPS) is 30.7. The highest BCUT2D eigenvalue weighted by atomic mass is 16.2. The molecule has 2 aliphatic heterocycles. The van der Waals surface area contributed by atoms with E-state index in [9.17, 15) is 4.79 Å². The average molecular weight is 313 g/mol. The maximum atomic E-state index is 12.4. The minimum absolute atomic E-state index is 0.0235. The summed E-state index contributed by atoms with van der Waals surface area (Å²) in [5.41, 5.74) is 2.76. The molecule has 0 saturated carbocycles. The lowest BCUT2D eigenvalue weighted by atomic mass is 9.82. The van der Waals surface area contributed by atoms with E-state index in [0.717, 1.165) is 25.7 Å². The van der Waals surface area contributed by atoms with Gasteiger partial charge in [-0.3, -0.25) is 0 Å². The van der Waals surface area contributed by atoms with Crippen LogP contribution in [-0.4, -0.2) is 42.1 Å². The molecule has 2 heterocycles. The SMILES string of the molecule is CN1C2CCCC1CC(NC(=O)NC1Cc3ccccc3C1)C2. The monoisotopic (exact) mass is 313 g/mol. The molecule has 2 amide bonds. The zero-order valence-electron chi connectivity index (χ0n) is 13.9. The van der Waals surface area contributed by atoms with Gasteiger partial charge < -0.3 is 15.5 Å². The van der Waals surface area contributed by atoms with Crippen molar-refractivity contribution in [3.63, 3.8) is 0 Å². The van der Waals surface area contributed by atoms with E-state index in [4.69, 9.17) is 0 Å². The molecule has 0 aromatic heterocycles. The van der Waals surface area contributed by atoms with Gasteiger partial charge in [-0.05, 0) is 56.7 Å². The standard InChI is InChI=1S/C19H27N3O/c1-22-17-7-4-8-18(22)12-16(11-17)21-19(23)20-15-9-13-5-2-3-6-14(13)10-15/h2-3,5-6,15-18H,4,7-12H2,1H3,(H2,20,21,23). The molecule has 3 aliphatic rings. The number of nitrogens with one attached hydrogen (secondary N) is 2. The molecule has 4 heteroatoms. The van der Waals surface area contributed by atoms with Crippen LogP contribution in [0.2, 0.25) is 0 Å². The number of urea groups is 1. The van der Waals surface area contributed by atoms with Crippen LogP contribution in [0.15, 0.2) is 24.3 Å². The highest BCUT2D eigenvalue weighted by Gasteiger charge is 2.36. The van der Waals surface area contributed by atoms with Crippen LogP contribution in [0.5, 0.6) is 0 Å². The molecule has 2 N–H and O–H groups in total. The molecular formula is C19H27N3O. The molecule has 2 fully saturated rings. The lowest BCUT2D eigenvalue weighted by Crippen LogP contribution is -2.57. The summed E-state index contributed by atoms with van der Waals surface area (Å²) in [6.07, 6.45) is 8.04. The van der Waals surface area contributed by atoms with Crippen LogP contribution in [-0.2, 0) is 12.8 Å². The molecule has 0 spiro atoms. The number of piperidine rings is 2. The fraction of sp³-hybridized carbons (Fsp3) is 0.632. The summed E-state index contributed by atoms with van der Waals surface area (Å²) in [4.78, 5) is 14.9. The van der Waals surface area contributed by atoms with Crippen LogP contribution in [0.4, 0.5) is 4.79 Å². The lowest BCUT2D eigenvalue weighted by molar-refractivity contribution is 0.0508. The molecule has 2 bridgehead atoms. The zero-order chi connectivity index (χ0) is 15.8. The number of carbonyl (C=O) groups is 1. The molecule has 1 aliphatic carbocycles. The van der Waals surface area contributed by atoms with Crippen molar-refractivity contribution in [3.05, 3.63) is 35.4 Å². The van der Waals surface area contributed by atoms with Crippen molar-refractivity contribution in [1.82, 2.24) is 15.5 Å². The van der Waals surface area contributed by atoms with Gasteiger partial charge in [0.15, 0.2) is 0 Å². The molecule has 2 atom stereocenters. The summed E-state index contributed by atoms with van der Waals surface area (Å²) in [6.45, 7) is 0. The summed E-state index contributed by atoms with van der Waals surface area (Å²) in [5.74, 6) is 0. The summed E-state index contributed by atoms with van der Waals surface area (Å²) < 4.78 is 0. The van der Waals surface area contributed by atoms with Crippen molar-refractivity contribution in [1.29, 1.82) is 0 Å². The van der Waals surface area contributed by atoms with E-state index in [0.29, 0.717) is 18.1 Å². The first-order valence-electron chi connectivity index (χ1n) is 9.05. The minimum Gasteiger partial charge on any atom is -0.335 e. The topological polar surface area (TPSA) is 44.4 Å². The van der Waals surface area contributed by atoms with Crippen LogP contribution in [0.3, 0.4) is 0 Å². The van der Waals surface area contributed by atoms with Gasteiger partial charge in [-0.25, -0.2) is 4.79 Å². The van der Waals surface area contributed by atoms with Crippen LogP contribution in [0.25, 0.3) is 0 Å². The molecule has 0 radical (unpaired) electrons. The van der Waals surface area contributed by atoms with E-state index in [1.54, 1.807) is 0 Å². The summed E-state index contributed by atoms with van der Waals surface area (Å²) in [6, 6.07) is 10.4. The number of amides is 2. The first-order valence-corrected chi connectivity index (χ1v) is 9.05. The van der Waals surface area contributed by atoms with Crippen molar-refractivity contribution in [2.75, 3.05) is 7.05 Å². The van der Waals surface area contributed by atoms with Crippen LogP contribution >= 0.6 is 0 Å². The predicted octanol–water partition coefficient (Wildman–Crippen LogP) is 2.47. The molecule has 23 heavy (non-hydrogen) atoms. The van der Waals surface area contributed by atoms with Crippen LogP contribution in [0.1, 0.15) is 43.2 Å². The van der Waals surface area contributed by atoms with Crippen molar-refractivity contribution in [2.45, 2.75) is 69.1 Å². The molecular weight excluding hydrogens is 286 g/mol. The Kier molecular flexibility index (Phi) is 4.02. The number of fused-ring (bicyclic) bond motifs is 3. The van der Waals surface area contributed by atoms with Crippen LogP contribution in [0, 0.1) is 0 Å². The second-order valence-corrected chi connectivity index (χ2v) is 7.56. The van der Waals surface area contributed by atoms with Gasteiger partial charge in [-0.1, -0.05) is 30.7 Å². The Morgan fingerprint density at radius 3 is 2.17 bits per heavy atom. The number of nitrogens with zero attached hydrogens (tertiary/aromatic N) is 1. The lowest BCUT2D eigenvalue weighted by Gasteiger charge is -2.47. The van der Waals surface area contributed by atoms with Crippen LogP contribution < -0.4 is 10.6 Å². The highest BCUT2D eigenvalue weighted by Crippen LogP contribution is 2.32. The van der Waals surface area contributed by atoms with E-state index in [-0.39, 0.29) is 12.1 Å². The molecule has 4 nitrogen and oxygen atoms in total. The van der Waals surface area contributed by atoms with E-state index < -0.39 is 0 Å². The second-order valence-electron chi connectivity index (χ2n) is 7.56. The summed E-state index contributed by atoms with van der Waals surface area (Å²) >= 11 is 0. The zero-order valence-corrected chi connectivity index (χ0v) is 13.9. The van der Waals surface area contributed by atoms with Gasteiger partial charge in [0, 0.05) is 24.2 Å². The Balaban J connectivity index is 1.30. The quantitative estimate of drug-likeness (QED) is 0.881. The maximum absolute atomic E-state index is 12.4. The van der Waals surface area contributed by atoms with Crippen molar-refractivity contribution in [2.24, 2.45) is 0 Å². The number of rotatable bonds is 2. The Bertz CT molecular complexity index is 549. The second kappa shape index (κ2) is 6.16. The molecule has 124 valence electrons. The van der Waals surface area contributed by atoms with Crippen molar-refractivity contribution < 1.29 is 4.79 Å². The fourth-order valence-corrected chi connectivity index (χ4v) is 4.81. The van der Waals surface area contributed by atoms with Gasteiger partial charge in [0.05, 0.1) is 0 Å². The predicted molar refractivity (Wildman–Crippen MR) is 91.5 cm³/mol. The van der Waals surface area contributed by atoms with Gasteiger partial charge in [0.1, 0.15) is 0 Å². The van der Waals surface area contributed by atoms with Gasteiger partial charge in [0.2, 0.25) is 0 Å². The number of hydrogen-bond acceptors (Lipinski definition) is 2. The van der Waals surface area contributed by atoms with Gasteiger partial charge in [-0.2, -0.15) is 0 Å². The Morgan fingerprint density at radius 2 is 1.57 bits per heavy atom. The third-order valence-electron chi connectivity index (χ3n) is 6.06. The third-order valence-corrected chi connectivity index (χ3v) is 6.06. The first-order chi connectivity index (χ1) is 11.2. The Labute approximate surface area is 138 Å². The van der Waals surface area contributed by atoms with Gasteiger partial charge >= 0.3 is 6.03 Å². The average Bonchev–Trinajstić information content (AvgIpc) is 2.90. The number of hydrogen-bond donors (Lipinski definition) is 2. The fourth-order valence-electron chi connectivity index (χ4n) is 4.81. The minimum atomic E-state index is 0.0235. The summed E-state index contributed by atoms with van der Waals surface area (Å²) in [5, 5.41) is 6.43. The number of carbonyl (C=O) groups excluding carboxylic acids is 1. The van der Waals surface area contributed by atoms with E-state index in [1.807, 2.05) is 0 Å². The summed E-state index contributed by atoms with van der Waals surface area (Å²) in [7, 11) is 2.25. The Hall–Kier alpha value is -1.55. The Morgan fingerprint density at radius 1 is 1.00 bits per heavy atom. The molecule has 4 rings (SSSR count). The van der Waals surface area contributed by atoms with Crippen molar-refractivity contribution in [3.8, 4) is 0 Å². The number of benzene rings is 1. The first kappa shape index (κ1) is 15.0. The van der Waals surface area contributed by atoms with Gasteiger partial charge in [-0.15, -0.1) is 0 Å². The van der Waals surface area contributed by atoms with Crippen molar-refractivity contribution >= 4 is 6.03 Å². The maximum Gasteiger partial charge on any atom is 0.315 e. The van der Waals surface area contributed by atoms with Gasteiger partial charge in [0.25, 0.3) is 0 Å². The largest absolute Gasteiger partial charge is 0.335 e. The van der Waals surface area contributed by atoms with E-state index in [2.05, 4.69) is 46.8 Å². The molecule has 2 saturated heterocycles. The smallest absolute Gasteiger partial charge is 0.315 e. The molecule has 1 aromatic rings.